The zero-order valence-electron chi connectivity index (χ0n) is 7.44. The Labute approximate surface area is 79.3 Å². The summed E-state index contributed by atoms with van der Waals surface area (Å²) in [5.74, 6) is 0.384. The number of carbonyl (C=O) groups is 1. The highest BCUT2D eigenvalue weighted by Gasteiger charge is 2.14. The Morgan fingerprint density at radius 3 is 3.07 bits per heavy atom. The fourth-order valence-corrected chi connectivity index (χ4v) is 1.01. The number of aryl methyl sites for hydroxylation is 1. The summed E-state index contributed by atoms with van der Waals surface area (Å²) >= 11 is 0. The zero-order valence-corrected chi connectivity index (χ0v) is 7.44. The highest BCUT2D eigenvalue weighted by atomic mass is 16.5. The van der Waals surface area contributed by atoms with Crippen molar-refractivity contribution in [3.05, 3.63) is 29.8 Å². The van der Waals surface area contributed by atoms with E-state index in [1.807, 2.05) is 0 Å². The third-order valence-electron chi connectivity index (χ3n) is 1.70. The van der Waals surface area contributed by atoms with Gasteiger partial charge in [-0.15, -0.1) is 0 Å². The molecule has 2 aromatic rings. The monoisotopic (exact) mass is 192 g/mol. The van der Waals surface area contributed by atoms with E-state index < -0.39 is 0 Å². The number of rotatable bonds is 2. The standard InChI is InChI=1S/C8H8N4O2/c1-5-4-10-14-7(5)8(13)11-6-2-3-9-12-6/h2-4H,1H3,(H2,9,11,12,13). The summed E-state index contributed by atoms with van der Waals surface area (Å²) in [6.07, 6.45) is 3.03. The number of nitrogens with zero attached hydrogens (tertiary/aromatic N) is 2. The number of amides is 1. The molecule has 2 aromatic heterocycles. The molecule has 72 valence electrons. The van der Waals surface area contributed by atoms with Crippen LogP contribution >= 0.6 is 0 Å². The van der Waals surface area contributed by atoms with Crippen LogP contribution in [-0.2, 0) is 0 Å². The summed E-state index contributed by atoms with van der Waals surface area (Å²) < 4.78 is 4.78. The third-order valence-corrected chi connectivity index (χ3v) is 1.70. The van der Waals surface area contributed by atoms with Crippen LogP contribution in [0.5, 0.6) is 0 Å². The molecular weight excluding hydrogens is 184 g/mol. The predicted octanol–water partition coefficient (Wildman–Crippen LogP) is 0.958. The van der Waals surface area contributed by atoms with Crippen molar-refractivity contribution < 1.29 is 9.32 Å². The molecular formula is C8H8N4O2. The molecule has 14 heavy (non-hydrogen) atoms. The lowest BCUT2D eigenvalue weighted by atomic mass is 10.3. The van der Waals surface area contributed by atoms with Gasteiger partial charge in [-0.05, 0) is 6.92 Å². The molecule has 1 amide bonds. The lowest BCUT2D eigenvalue weighted by Gasteiger charge is -1.98. The Bertz CT molecular complexity index is 432. The van der Waals surface area contributed by atoms with Crippen LogP contribution in [0.1, 0.15) is 16.1 Å². The molecule has 0 radical (unpaired) electrons. The zero-order chi connectivity index (χ0) is 9.97. The lowest BCUT2D eigenvalue weighted by Crippen LogP contribution is -2.12. The molecule has 0 atom stereocenters. The first-order valence-electron chi connectivity index (χ1n) is 3.99. The second kappa shape index (κ2) is 3.33. The number of aromatic amines is 1. The molecule has 0 unspecified atom stereocenters. The highest BCUT2D eigenvalue weighted by Crippen LogP contribution is 2.08. The van der Waals surface area contributed by atoms with Crippen molar-refractivity contribution in [2.24, 2.45) is 0 Å². The molecule has 0 saturated heterocycles. The number of nitrogens with one attached hydrogen (secondary N) is 2. The van der Waals surface area contributed by atoms with Crippen molar-refractivity contribution in [3.63, 3.8) is 0 Å². The van der Waals surface area contributed by atoms with Gasteiger partial charge in [0.25, 0.3) is 5.91 Å². The SMILES string of the molecule is Cc1cnoc1C(=O)Nc1ccn[nH]1. The summed E-state index contributed by atoms with van der Waals surface area (Å²) in [4.78, 5) is 11.5. The van der Waals surface area contributed by atoms with Crippen LogP contribution < -0.4 is 5.32 Å². The van der Waals surface area contributed by atoms with Gasteiger partial charge >= 0.3 is 0 Å². The lowest BCUT2D eigenvalue weighted by molar-refractivity contribution is 0.0986. The second-order valence-electron chi connectivity index (χ2n) is 2.76. The number of hydrogen-bond donors (Lipinski definition) is 2. The van der Waals surface area contributed by atoms with E-state index in [0.29, 0.717) is 11.4 Å². The third kappa shape index (κ3) is 1.49. The molecule has 6 nitrogen and oxygen atoms in total. The molecule has 0 aliphatic heterocycles. The number of carbonyl (C=O) groups excluding carboxylic acids is 1. The topological polar surface area (TPSA) is 83.8 Å². The van der Waals surface area contributed by atoms with Gasteiger partial charge in [-0.25, -0.2) is 0 Å². The summed E-state index contributed by atoms with van der Waals surface area (Å²) in [5, 5.41) is 12.4. The quantitative estimate of drug-likeness (QED) is 0.742. The van der Waals surface area contributed by atoms with E-state index in [2.05, 4.69) is 20.7 Å². The average Bonchev–Trinajstić information content (AvgIpc) is 2.75. The Morgan fingerprint density at radius 2 is 2.50 bits per heavy atom. The van der Waals surface area contributed by atoms with Crippen LogP contribution in [-0.4, -0.2) is 21.3 Å². The maximum absolute atomic E-state index is 11.5. The first-order valence-corrected chi connectivity index (χ1v) is 3.99. The highest BCUT2D eigenvalue weighted by molar-refractivity contribution is 6.02. The van der Waals surface area contributed by atoms with E-state index in [-0.39, 0.29) is 11.7 Å². The molecule has 6 heteroatoms. The molecule has 2 rings (SSSR count). The molecule has 0 aliphatic rings. The largest absolute Gasteiger partial charge is 0.351 e. The number of aromatic nitrogens is 3. The molecule has 0 fully saturated rings. The molecule has 0 saturated carbocycles. The average molecular weight is 192 g/mol. The van der Waals surface area contributed by atoms with Gasteiger partial charge in [-0.2, -0.15) is 5.10 Å². The van der Waals surface area contributed by atoms with Crippen LogP contribution in [0.25, 0.3) is 0 Å². The second-order valence-corrected chi connectivity index (χ2v) is 2.76. The number of H-pyrrole nitrogens is 1. The van der Waals surface area contributed by atoms with Crippen LogP contribution in [0.4, 0.5) is 5.82 Å². The van der Waals surface area contributed by atoms with Gasteiger partial charge in [-0.3, -0.25) is 9.89 Å². The Balaban J connectivity index is 2.14. The van der Waals surface area contributed by atoms with Crippen molar-refractivity contribution in [2.75, 3.05) is 5.32 Å². The van der Waals surface area contributed by atoms with Gasteiger partial charge in [0.1, 0.15) is 5.82 Å². The van der Waals surface area contributed by atoms with Gasteiger partial charge in [0.05, 0.1) is 12.4 Å². The molecule has 0 bridgehead atoms. The van der Waals surface area contributed by atoms with E-state index in [0.717, 1.165) is 0 Å². The van der Waals surface area contributed by atoms with Gasteiger partial charge in [0.2, 0.25) is 5.76 Å². The van der Waals surface area contributed by atoms with E-state index in [1.165, 1.54) is 6.20 Å². The summed E-state index contributed by atoms with van der Waals surface area (Å²) in [7, 11) is 0. The van der Waals surface area contributed by atoms with Crippen molar-refractivity contribution in [1.29, 1.82) is 0 Å². The van der Waals surface area contributed by atoms with Crippen LogP contribution in [0.15, 0.2) is 23.0 Å². The fourth-order valence-electron chi connectivity index (χ4n) is 1.01. The maximum atomic E-state index is 11.5. The normalized spacial score (nSPS) is 10.1. The van der Waals surface area contributed by atoms with Crippen LogP contribution in [0, 0.1) is 6.92 Å². The van der Waals surface area contributed by atoms with Crippen LogP contribution in [0.3, 0.4) is 0 Å². The first-order chi connectivity index (χ1) is 6.77. The number of hydrogen-bond acceptors (Lipinski definition) is 4. The summed E-state index contributed by atoms with van der Waals surface area (Å²) in [5.41, 5.74) is 0.696. The minimum atomic E-state index is -0.343. The van der Waals surface area contributed by atoms with Crippen molar-refractivity contribution in [3.8, 4) is 0 Å². The van der Waals surface area contributed by atoms with Gasteiger partial charge in [-0.1, -0.05) is 5.16 Å². The van der Waals surface area contributed by atoms with Gasteiger partial charge in [0, 0.05) is 11.6 Å². The Hall–Kier alpha value is -2.11. The summed E-state index contributed by atoms with van der Waals surface area (Å²) in [6.45, 7) is 1.75. The number of anilines is 1. The van der Waals surface area contributed by atoms with Crippen molar-refractivity contribution >= 4 is 11.7 Å². The molecule has 0 spiro atoms. The smallest absolute Gasteiger partial charge is 0.295 e. The van der Waals surface area contributed by atoms with Crippen molar-refractivity contribution in [1.82, 2.24) is 15.4 Å². The molecule has 0 aliphatic carbocycles. The summed E-state index contributed by atoms with van der Waals surface area (Å²) in [6, 6.07) is 1.64. The van der Waals surface area contributed by atoms with Crippen molar-refractivity contribution in [2.45, 2.75) is 6.92 Å². The minimum Gasteiger partial charge on any atom is -0.351 e. The minimum absolute atomic E-state index is 0.208. The van der Waals surface area contributed by atoms with E-state index in [1.54, 1.807) is 19.2 Å². The molecule has 2 N–H and O–H groups in total. The predicted molar refractivity (Wildman–Crippen MR) is 47.8 cm³/mol. The van der Waals surface area contributed by atoms with E-state index in [4.69, 9.17) is 4.52 Å². The molecule has 0 aromatic carbocycles. The Kier molecular flexibility index (Phi) is 2.02. The molecule has 2 heterocycles. The van der Waals surface area contributed by atoms with Crippen LogP contribution in [0.2, 0.25) is 0 Å². The van der Waals surface area contributed by atoms with Gasteiger partial charge < -0.3 is 9.84 Å². The van der Waals surface area contributed by atoms with E-state index in [9.17, 15) is 4.79 Å². The maximum Gasteiger partial charge on any atom is 0.295 e. The first kappa shape index (κ1) is 8.49. The van der Waals surface area contributed by atoms with E-state index >= 15 is 0 Å². The van der Waals surface area contributed by atoms with Gasteiger partial charge in [0.15, 0.2) is 0 Å². The Morgan fingerprint density at radius 1 is 1.64 bits per heavy atom. The fraction of sp³-hybridized carbons (Fsp3) is 0.125.